The number of aryl methyl sites for hydroxylation is 2. The third-order valence-electron chi connectivity index (χ3n) is 3.67. The minimum absolute atomic E-state index is 0.142. The molecule has 0 unspecified atom stereocenters. The van der Waals surface area contributed by atoms with Crippen molar-refractivity contribution < 1.29 is 5.11 Å². The van der Waals surface area contributed by atoms with Crippen molar-refractivity contribution in [2.45, 2.75) is 20.4 Å². The van der Waals surface area contributed by atoms with E-state index in [0.29, 0.717) is 6.54 Å². The molecule has 0 aliphatic rings. The molecule has 1 aromatic carbocycles. The summed E-state index contributed by atoms with van der Waals surface area (Å²) in [6, 6.07) is 10.5. The zero-order valence-electron chi connectivity index (χ0n) is 12.9. The van der Waals surface area contributed by atoms with Crippen LogP contribution < -0.4 is 10.2 Å². The van der Waals surface area contributed by atoms with E-state index in [2.05, 4.69) is 42.3 Å². The Bertz CT molecular complexity index is 581. The van der Waals surface area contributed by atoms with E-state index in [9.17, 15) is 0 Å². The highest BCUT2D eigenvalue weighted by atomic mass is 16.3. The van der Waals surface area contributed by atoms with Gasteiger partial charge in [0, 0.05) is 20.1 Å². The molecule has 0 spiro atoms. The fraction of sp³-hybridized carbons (Fsp3) is 0.353. The molecule has 2 N–H and O–H groups in total. The smallest absolute Gasteiger partial charge is 0.126 e. The SMILES string of the molecule is Cc1ccc(CNc2ccc(N(C)CCO)cn2)cc1C. The number of pyridine rings is 1. The molecule has 0 aliphatic heterocycles. The summed E-state index contributed by atoms with van der Waals surface area (Å²) in [7, 11) is 1.94. The first-order valence-corrected chi connectivity index (χ1v) is 7.18. The van der Waals surface area contributed by atoms with E-state index in [0.717, 1.165) is 18.1 Å². The van der Waals surface area contributed by atoms with Gasteiger partial charge in [0.25, 0.3) is 0 Å². The lowest BCUT2D eigenvalue weighted by Gasteiger charge is -2.17. The quantitative estimate of drug-likeness (QED) is 0.857. The van der Waals surface area contributed by atoms with Gasteiger partial charge in [0.15, 0.2) is 0 Å². The summed E-state index contributed by atoms with van der Waals surface area (Å²) in [4.78, 5) is 6.37. The highest BCUT2D eigenvalue weighted by molar-refractivity contribution is 5.49. The van der Waals surface area contributed by atoms with Crippen molar-refractivity contribution in [3.63, 3.8) is 0 Å². The number of hydrogen-bond donors (Lipinski definition) is 2. The van der Waals surface area contributed by atoms with Crippen LogP contribution >= 0.6 is 0 Å². The summed E-state index contributed by atoms with van der Waals surface area (Å²) < 4.78 is 0. The largest absolute Gasteiger partial charge is 0.395 e. The van der Waals surface area contributed by atoms with Crippen LogP contribution in [0.4, 0.5) is 11.5 Å². The van der Waals surface area contributed by atoms with E-state index in [1.165, 1.54) is 16.7 Å². The summed E-state index contributed by atoms with van der Waals surface area (Å²) >= 11 is 0. The van der Waals surface area contributed by atoms with Crippen LogP contribution in [0.3, 0.4) is 0 Å². The van der Waals surface area contributed by atoms with Crippen LogP contribution in [0.25, 0.3) is 0 Å². The molecule has 4 heteroatoms. The van der Waals surface area contributed by atoms with Crippen LogP contribution in [0.1, 0.15) is 16.7 Å². The fourth-order valence-electron chi connectivity index (χ4n) is 2.10. The number of nitrogens with one attached hydrogen (secondary N) is 1. The molecule has 0 radical (unpaired) electrons. The summed E-state index contributed by atoms with van der Waals surface area (Å²) in [6.07, 6.45) is 1.82. The monoisotopic (exact) mass is 285 g/mol. The van der Waals surface area contributed by atoms with Gasteiger partial charge in [0.05, 0.1) is 18.5 Å². The maximum atomic E-state index is 8.93. The van der Waals surface area contributed by atoms with Gasteiger partial charge in [0.1, 0.15) is 5.82 Å². The van der Waals surface area contributed by atoms with Crippen molar-refractivity contribution in [1.29, 1.82) is 0 Å². The Balaban J connectivity index is 1.95. The molecular formula is C17H23N3O. The third-order valence-corrected chi connectivity index (χ3v) is 3.67. The predicted molar refractivity (Wildman–Crippen MR) is 87.8 cm³/mol. The number of aromatic nitrogens is 1. The van der Waals surface area contributed by atoms with Crippen molar-refractivity contribution in [2.24, 2.45) is 0 Å². The Kier molecular flexibility index (Phi) is 5.17. The minimum atomic E-state index is 0.142. The molecule has 0 atom stereocenters. The number of nitrogens with zero attached hydrogens (tertiary/aromatic N) is 2. The normalized spacial score (nSPS) is 10.5. The minimum Gasteiger partial charge on any atom is -0.395 e. The standard InChI is InChI=1S/C17H23N3O/c1-13-4-5-15(10-14(13)2)11-18-17-7-6-16(12-19-17)20(3)8-9-21/h4-7,10,12,21H,8-9,11H2,1-3H3,(H,18,19). The average molecular weight is 285 g/mol. The number of aliphatic hydroxyl groups is 1. The molecule has 0 amide bonds. The van der Waals surface area contributed by atoms with Crippen molar-refractivity contribution >= 4 is 11.5 Å². The summed E-state index contributed by atoms with van der Waals surface area (Å²) in [6.45, 7) is 5.76. The number of aliphatic hydroxyl groups excluding tert-OH is 1. The van der Waals surface area contributed by atoms with Gasteiger partial charge in [0.2, 0.25) is 0 Å². The number of likely N-dealkylation sites (N-methyl/N-ethyl adjacent to an activating group) is 1. The first-order valence-electron chi connectivity index (χ1n) is 7.18. The highest BCUT2D eigenvalue weighted by Crippen LogP contribution is 2.15. The summed E-state index contributed by atoms with van der Waals surface area (Å²) in [5.74, 6) is 0.856. The second-order valence-electron chi connectivity index (χ2n) is 5.32. The molecule has 4 nitrogen and oxygen atoms in total. The third kappa shape index (κ3) is 4.20. The second kappa shape index (κ2) is 7.09. The van der Waals surface area contributed by atoms with E-state index >= 15 is 0 Å². The Hall–Kier alpha value is -2.07. The van der Waals surface area contributed by atoms with Crippen molar-refractivity contribution in [2.75, 3.05) is 30.4 Å². The molecule has 112 valence electrons. The van der Waals surface area contributed by atoms with E-state index in [-0.39, 0.29) is 6.61 Å². The highest BCUT2D eigenvalue weighted by Gasteiger charge is 2.02. The first kappa shape index (κ1) is 15.3. The zero-order chi connectivity index (χ0) is 15.2. The van der Waals surface area contributed by atoms with Gasteiger partial charge in [-0.15, -0.1) is 0 Å². The topological polar surface area (TPSA) is 48.4 Å². The van der Waals surface area contributed by atoms with E-state index in [1.54, 1.807) is 0 Å². The zero-order valence-corrected chi connectivity index (χ0v) is 12.9. The van der Waals surface area contributed by atoms with Gasteiger partial charge < -0.3 is 15.3 Å². The van der Waals surface area contributed by atoms with Gasteiger partial charge in [-0.1, -0.05) is 18.2 Å². The fourth-order valence-corrected chi connectivity index (χ4v) is 2.10. The molecule has 0 fully saturated rings. The van der Waals surface area contributed by atoms with Crippen LogP contribution in [0.15, 0.2) is 36.5 Å². The van der Waals surface area contributed by atoms with E-state index in [4.69, 9.17) is 5.11 Å². The van der Waals surface area contributed by atoms with Crippen LogP contribution in [0, 0.1) is 13.8 Å². The van der Waals surface area contributed by atoms with E-state index in [1.807, 2.05) is 30.3 Å². The Morgan fingerprint density at radius 2 is 1.95 bits per heavy atom. The number of rotatable bonds is 6. The molecule has 21 heavy (non-hydrogen) atoms. The average Bonchev–Trinajstić information content (AvgIpc) is 2.49. The van der Waals surface area contributed by atoms with Gasteiger partial charge in [-0.05, 0) is 42.7 Å². The number of benzene rings is 1. The van der Waals surface area contributed by atoms with Crippen LogP contribution in [-0.2, 0) is 6.54 Å². The molecule has 1 heterocycles. The van der Waals surface area contributed by atoms with Crippen molar-refractivity contribution in [3.8, 4) is 0 Å². The summed E-state index contributed by atoms with van der Waals surface area (Å²) in [5.41, 5.74) is 4.87. The Morgan fingerprint density at radius 1 is 1.14 bits per heavy atom. The molecule has 2 aromatic rings. The molecule has 2 rings (SSSR count). The van der Waals surface area contributed by atoms with Gasteiger partial charge in [-0.2, -0.15) is 0 Å². The van der Waals surface area contributed by atoms with Crippen LogP contribution in [0.2, 0.25) is 0 Å². The molecule has 0 saturated carbocycles. The number of anilines is 2. The van der Waals surface area contributed by atoms with Crippen molar-refractivity contribution in [1.82, 2.24) is 4.98 Å². The van der Waals surface area contributed by atoms with Gasteiger partial charge in [-0.25, -0.2) is 4.98 Å². The second-order valence-corrected chi connectivity index (χ2v) is 5.32. The molecule has 0 saturated heterocycles. The maximum Gasteiger partial charge on any atom is 0.126 e. The van der Waals surface area contributed by atoms with Gasteiger partial charge >= 0.3 is 0 Å². The van der Waals surface area contributed by atoms with Gasteiger partial charge in [-0.3, -0.25) is 0 Å². The number of hydrogen-bond acceptors (Lipinski definition) is 4. The summed E-state index contributed by atoms with van der Waals surface area (Å²) in [5, 5.41) is 12.3. The molecule has 1 aromatic heterocycles. The van der Waals surface area contributed by atoms with Crippen LogP contribution in [0.5, 0.6) is 0 Å². The maximum absolute atomic E-state index is 8.93. The molecule has 0 bridgehead atoms. The molecule has 0 aliphatic carbocycles. The van der Waals surface area contributed by atoms with Crippen LogP contribution in [-0.4, -0.2) is 30.3 Å². The Morgan fingerprint density at radius 3 is 2.57 bits per heavy atom. The first-order chi connectivity index (χ1) is 10.1. The van der Waals surface area contributed by atoms with Crippen molar-refractivity contribution in [3.05, 3.63) is 53.2 Å². The Labute approximate surface area is 126 Å². The molecular weight excluding hydrogens is 262 g/mol. The predicted octanol–water partition coefficient (Wildman–Crippen LogP) is 2.74. The van der Waals surface area contributed by atoms with E-state index < -0.39 is 0 Å². The lowest BCUT2D eigenvalue weighted by molar-refractivity contribution is 0.304. The lowest BCUT2D eigenvalue weighted by atomic mass is 10.1. The lowest BCUT2D eigenvalue weighted by Crippen LogP contribution is -2.21.